The maximum atomic E-state index is 11.7. The normalized spacial score (nSPS) is 22.1. The first kappa shape index (κ1) is 18.8. The van der Waals surface area contributed by atoms with Crippen molar-refractivity contribution < 1.29 is 14.3 Å². The van der Waals surface area contributed by atoms with Gasteiger partial charge in [0.05, 0.1) is 25.8 Å². The second-order valence-electron chi connectivity index (χ2n) is 6.61. The van der Waals surface area contributed by atoms with Crippen molar-refractivity contribution in [3.63, 3.8) is 0 Å². The van der Waals surface area contributed by atoms with Crippen LogP contribution in [0.25, 0.3) is 0 Å². The first-order chi connectivity index (χ1) is 11.6. The summed E-state index contributed by atoms with van der Waals surface area (Å²) in [6.07, 6.45) is 3.07. The Kier molecular flexibility index (Phi) is 7.62. The molecule has 0 aromatic carbocycles. The zero-order chi connectivity index (χ0) is 17.4. The average molecular weight is 340 g/mol. The van der Waals surface area contributed by atoms with E-state index < -0.39 is 0 Å². The summed E-state index contributed by atoms with van der Waals surface area (Å²) in [7, 11) is 2.06. The predicted molar refractivity (Wildman–Crippen MR) is 94.2 cm³/mol. The van der Waals surface area contributed by atoms with Crippen molar-refractivity contribution in [2.45, 2.75) is 39.2 Å². The molecule has 138 valence electrons. The van der Waals surface area contributed by atoms with E-state index in [1.165, 1.54) is 0 Å². The molecular weight excluding hydrogens is 308 g/mol. The molecule has 0 aromatic rings. The third-order valence-corrected chi connectivity index (χ3v) is 4.46. The van der Waals surface area contributed by atoms with Gasteiger partial charge < -0.3 is 25.0 Å². The highest BCUT2D eigenvalue weighted by atomic mass is 16.5. The summed E-state index contributed by atoms with van der Waals surface area (Å²) in [5, 5.41) is 6.30. The van der Waals surface area contributed by atoms with Gasteiger partial charge in [-0.2, -0.15) is 0 Å². The molecule has 0 spiro atoms. The number of hydrogen-bond acceptors (Lipinski definition) is 4. The Morgan fingerprint density at radius 1 is 1.38 bits per heavy atom. The van der Waals surface area contributed by atoms with Gasteiger partial charge in [-0.1, -0.05) is 0 Å². The molecule has 0 radical (unpaired) electrons. The molecule has 2 rings (SSSR count). The first-order valence-electron chi connectivity index (χ1n) is 9.14. The van der Waals surface area contributed by atoms with Crippen LogP contribution in [-0.4, -0.2) is 69.5 Å². The molecule has 2 atom stereocenters. The number of hydrogen-bond donors (Lipinski definition) is 2. The van der Waals surface area contributed by atoms with Gasteiger partial charge in [-0.05, 0) is 39.0 Å². The van der Waals surface area contributed by atoms with Crippen LogP contribution in [0.5, 0.6) is 0 Å². The van der Waals surface area contributed by atoms with Crippen LogP contribution in [0.15, 0.2) is 4.99 Å². The number of alkyl carbamates (subject to hydrolysis) is 1. The molecule has 1 heterocycles. The van der Waals surface area contributed by atoms with E-state index in [0.29, 0.717) is 25.0 Å². The van der Waals surface area contributed by atoms with E-state index in [1.807, 2.05) is 6.92 Å². The van der Waals surface area contributed by atoms with E-state index in [1.54, 1.807) is 0 Å². The van der Waals surface area contributed by atoms with Gasteiger partial charge in [0.25, 0.3) is 0 Å². The Balaban J connectivity index is 1.90. The summed E-state index contributed by atoms with van der Waals surface area (Å²) in [4.78, 5) is 18.6. The second kappa shape index (κ2) is 9.71. The molecule has 2 fully saturated rings. The molecule has 0 aromatic heterocycles. The van der Waals surface area contributed by atoms with Crippen LogP contribution >= 0.6 is 0 Å². The molecule has 1 saturated carbocycles. The van der Waals surface area contributed by atoms with Gasteiger partial charge in [-0.25, -0.2) is 4.79 Å². The van der Waals surface area contributed by atoms with Crippen LogP contribution in [0.4, 0.5) is 4.79 Å². The molecule has 0 bridgehead atoms. The van der Waals surface area contributed by atoms with Crippen molar-refractivity contribution >= 4 is 12.1 Å². The Morgan fingerprint density at radius 3 is 2.75 bits per heavy atom. The average Bonchev–Trinajstić information content (AvgIpc) is 3.28. The zero-order valence-corrected chi connectivity index (χ0v) is 15.2. The fourth-order valence-corrected chi connectivity index (χ4v) is 2.99. The number of aliphatic imine (C=N–C) groups is 1. The smallest absolute Gasteiger partial charge is 0.407 e. The Bertz CT molecular complexity index is 420. The third kappa shape index (κ3) is 6.19. The zero-order valence-electron chi connectivity index (χ0n) is 15.2. The largest absolute Gasteiger partial charge is 0.450 e. The van der Waals surface area contributed by atoms with Crippen molar-refractivity contribution in [3.05, 3.63) is 0 Å². The quantitative estimate of drug-likeness (QED) is 0.517. The number of ether oxygens (including phenoxy) is 2. The maximum absolute atomic E-state index is 11.7. The standard InChI is InChI=1S/C17H32N4O3/c1-4-18-16(21(3)11-13-8-9-23-12-13)19-10-15(14-6-7-14)20-17(22)24-5-2/h13-15H,4-12H2,1-3H3,(H,18,19)(H,20,22). The summed E-state index contributed by atoms with van der Waals surface area (Å²) >= 11 is 0. The van der Waals surface area contributed by atoms with Gasteiger partial charge in [0.1, 0.15) is 0 Å². The minimum atomic E-state index is -0.342. The monoisotopic (exact) mass is 340 g/mol. The predicted octanol–water partition coefficient (Wildman–Crippen LogP) is 1.44. The third-order valence-electron chi connectivity index (χ3n) is 4.46. The summed E-state index contributed by atoms with van der Waals surface area (Å²) in [6.45, 7) is 8.30. The number of amides is 1. The van der Waals surface area contributed by atoms with E-state index >= 15 is 0 Å². The van der Waals surface area contributed by atoms with Gasteiger partial charge >= 0.3 is 6.09 Å². The molecule has 1 saturated heterocycles. The molecule has 24 heavy (non-hydrogen) atoms. The van der Waals surface area contributed by atoms with Crippen molar-refractivity contribution in [3.8, 4) is 0 Å². The highest BCUT2D eigenvalue weighted by Crippen LogP contribution is 2.32. The molecule has 7 heteroatoms. The molecule has 1 aliphatic heterocycles. The first-order valence-corrected chi connectivity index (χ1v) is 9.14. The number of rotatable bonds is 8. The summed E-state index contributed by atoms with van der Waals surface area (Å²) in [5.74, 6) is 1.98. The van der Waals surface area contributed by atoms with Crippen LogP contribution in [0.3, 0.4) is 0 Å². The van der Waals surface area contributed by atoms with Crippen LogP contribution in [0, 0.1) is 11.8 Å². The molecular formula is C17H32N4O3. The lowest BCUT2D eigenvalue weighted by molar-refractivity contribution is 0.147. The molecule has 1 amide bonds. The lowest BCUT2D eigenvalue weighted by Crippen LogP contribution is -2.44. The van der Waals surface area contributed by atoms with Crippen LogP contribution in [0.1, 0.15) is 33.1 Å². The van der Waals surface area contributed by atoms with E-state index in [2.05, 4.69) is 29.5 Å². The second-order valence-corrected chi connectivity index (χ2v) is 6.61. The lowest BCUT2D eigenvalue weighted by atomic mass is 10.1. The number of carbonyl (C=O) groups is 1. The number of carbonyl (C=O) groups excluding carboxylic acids is 1. The van der Waals surface area contributed by atoms with Crippen LogP contribution in [0.2, 0.25) is 0 Å². The molecule has 2 N–H and O–H groups in total. The van der Waals surface area contributed by atoms with Gasteiger partial charge in [0.15, 0.2) is 5.96 Å². The van der Waals surface area contributed by atoms with E-state index in [0.717, 1.165) is 51.5 Å². The lowest BCUT2D eigenvalue weighted by Gasteiger charge is -2.25. The summed E-state index contributed by atoms with van der Waals surface area (Å²) in [6, 6.07) is 0.0564. The maximum Gasteiger partial charge on any atom is 0.407 e. The number of nitrogens with one attached hydrogen (secondary N) is 2. The van der Waals surface area contributed by atoms with Crippen molar-refractivity contribution in [1.29, 1.82) is 0 Å². The molecule has 7 nitrogen and oxygen atoms in total. The van der Waals surface area contributed by atoms with Crippen molar-refractivity contribution in [2.75, 3.05) is 46.5 Å². The van der Waals surface area contributed by atoms with Crippen molar-refractivity contribution in [2.24, 2.45) is 16.8 Å². The summed E-state index contributed by atoms with van der Waals surface area (Å²) < 4.78 is 10.5. The molecule has 2 unspecified atom stereocenters. The highest BCUT2D eigenvalue weighted by Gasteiger charge is 2.32. The van der Waals surface area contributed by atoms with Gasteiger partial charge in [0.2, 0.25) is 0 Å². The van der Waals surface area contributed by atoms with Crippen LogP contribution < -0.4 is 10.6 Å². The number of guanidine groups is 1. The summed E-state index contributed by atoms with van der Waals surface area (Å²) in [5.41, 5.74) is 0. The van der Waals surface area contributed by atoms with E-state index in [-0.39, 0.29) is 12.1 Å². The Morgan fingerprint density at radius 2 is 2.17 bits per heavy atom. The molecule has 2 aliphatic rings. The van der Waals surface area contributed by atoms with E-state index in [4.69, 9.17) is 14.5 Å². The van der Waals surface area contributed by atoms with Crippen LogP contribution in [-0.2, 0) is 9.47 Å². The fourth-order valence-electron chi connectivity index (χ4n) is 2.99. The molecule has 1 aliphatic carbocycles. The SMILES string of the molecule is CCNC(=NCC(NC(=O)OCC)C1CC1)N(C)CC1CCOC1. The van der Waals surface area contributed by atoms with Gasteiger partial charge in [-0.3, -0.25) is 4.99 Å². The van der Waals surface area contributed by atoms with Gasteiger partial charge in [0, 0.05) is 32.7 Å². The van der Waals surface area contributed by atoms with Crippen molar-refractivity contribution in [1.82, 2.24) is 15.5 Å². The Hall–Kier alpha value is -1.50. The number of nitrogens with zero attached hydrogens (tertiary/aromatic N) is 2. The minimum Gasteiger partial charge on any atom is -0.450 e. The highest BCUT2D eigenvalue weighted by molar-refractivity contribution is 5.79. The Labute approximate surface area is 145 Å². The fraction of sp³-hybridized carbons (Fsp3) is 0.882. The minimum absolute atomic E-state index is 0.0564. The van der Waals surface area contributed by atoms with Gasteiger partial charge in [-0.15, -0.1) is 0 Å². The topological polar surface area (TPSA) is 75.2 Å². The van der Waals surface area contributed by atoms with E-state index in [9.17, 15) is 4.79 Å².